The van der Waals surface area contributed by atoms with Gasteiger partial charge in [-0.25, -0.2) is 4.39 Å². The van der Waals surface area contributed by atoms with Crippen molar-refractivity contribution in [3.8, 4) is 0 Å². The molecule has 0 aliphatic heterocycles. The number of halogens is 1. The summed E-state index contributed by atoms with van der Waals surface area (Å²) in [4.78, 5) is 11.7. The van der Waals surface area contributed by atoms with Gasteiger partial charge < -0.3 is 0 Å². The fourth-order valence-corrected chi connectivity index (χ4v) is 1.83. The van der Waals surface area contributed by atoms with Crippen LogP contribution in [-0.4, -0.2) is 5.78 Å². The second-order valence-corrected chi connectivity index (χ2v) is 3.85. The maximum atomic E-state index is 12.6. The SMILES string of the molecule is O=C(Cc1ccc(F)cc1)C1=CCCC1. The maximum absolute atomic E-state index is 12.6. The minimum atomic E-state index is -0.258. The van der Waals surface area contributed by atoms with E-state index in [-0.39, 0.29) is 11.6 Å². The second kappa shape index (κ2) is 4.39. The van der Waals surface area contributed by atoms with Gasteiger partial charge in [0.25, 0.3) is 0 Å². The van der Waals surface area contributed by atoms with Crippen molar-refractivity contribution in [3.63, 3.8) is 0 Å². The summed E-state index contributed by atoms with van der Waals surface area (Å²) in [6, 6.07) is 6.13. The Bertz CT molecular complexity index is 390. The Labute approximate surface area is 88.6 Å². The molecule has 0 atom stereocenters. The first-order valence-electron chi connectivity index (χ1n) is 5.22. The average molecular weight is 204 g/mol. The van der Waals surface area contributed by atoms with E-state index >= 15 is 0 Å². The largest absolute Gasteiger partial charge is 0.294 e. The molecule has 0 saturated heterocycles. The van der Waals surface area contributed by atoms with Crippen LogP contribution in [0.15, 0.2) is 35.9 Å². The van der Waals surface area contributed by atoms with Crippen LogP contribution in [0.2, 0.25) is 0 Å². The zero-order valence-corrected chi connectivity index (χ0v) is 8.50. The zero-order chi connectivity index (χ0) is 10.7. The molecule has 1 nitrogen and oxygen atoms in total. The molecule has 0 unspecified atom stereocenters. The number of carbonyl (C=O) groups is 1. The third-order valence-electron chi connectivity index (χ3n) is 2.68. The fourth-order valence-electron chi connectivity index (χ4n) is 1.83. The third kappa shape index (κ3) is 2.52. The van der Waals surface area contributed by atoms with Crippen LogP contribution in [0.3, 0.4) is 0 Å². The predicted octanol–water partition coefficient (Wildman–Crippen LogP) is 3.05. The average Bonchev–Trinajstić information content (AvgIpc) is 2.74. The highest BCUT2D eigenvalue weighted by Gasteiger charge is 2.13. The number of ketones is 1. The van der Waals surface area contributed by atoms with Crippen LogP contribution < -0.4 is 0 Å². The molecular formula is C13H13FO. The Balaban J connectivity index is 2.02. The van der Waals surface area contributed by atoms with Crippen molar-refractivity contribution in [1.82, 2.24) is 0 Å². The third-order valence-corrected chi connectivity index (χ3v) is 2.68. The van der Waals surface area contributed by atoms with Crippen LogP contribution in [0, 0.1) is 5.82 Å². The molecule has 1 aliphatic carbocycles. The van der Waals surface area contributed by atoms with E-state index in [9.17, 15) is 9.18 Å². The quantitative estimate of drug-likeness (QED) is 0.739. The van der Waals surface area contributed by atoms with Crippen LogP contribution in [0.5, 0.6) is 0 Å². The van der Waals surface area contributed by atoms with Gasteiger partial charge in [-0.3, -0.25) is 4.79 Å². The number of carbonyl (C=O) groups excluding carboxylic acids is 1. The van der Waals surface area contributed by atoms with Crippen LogP contribution in [0.25, 0.3) is 0 Å². The summed E-state index contributed by atoms with van der Waals surface area (Å²) in [7, 11) is 0. The summed E-state index contributed by atoms with van der Waals surface area (Å²) < 4.78 is 12.6. The van der Waals surface area contributed by atoms with Gasteiger partial charge in [0.15, 0.2) is 5.78 Å². The number of hydrogen-bond donors (Lipinski definition) is 0. The topological polar surface area (TPSA) is 17.1 Å². The van der Waals surface area contributed by atoms with Gasteiger partial charge in [0.1, 0.15) is 5.82 Å². The zero-order valence-electron chi connectivity index (χ0n) is 8.50. The molecule has 0 fully saturated rings. The van der Waals surface area contributed by atoms with Gasteiger partial charge in [-0.1, -0.05) is 18.2 Å². The summed E-state index contributed by atoms with van der Waals surface area (Å²) in [5.74, 6) is -0.0783. The Hall–Kier alpha value is -1.44. The van der Waals surface area contributed by atoms with Gasteiger partial charge in [0.2, 0.25) is 0 Å². The molecule has 2 heteroatoms. The van der Waals surface area contributed by atoms with Crippen LogP contribution in [0.4, 0.5) is 4.39 Å². The van der Waals surface area contributed by atoms with E-state index in [4.69, 9.17) is 0 Å². The van der Waals surface area contributed by atoms with Gasteiger partial charge in [-0.2, -0.15) is 0 Å². The molecular weight excluding hydrogens is 191 g/mol. The van der Waals surface area contributed by atoms with Gasteiger partial charge in [0.05, 0.1) is 0 Å². The molecule has 2 rings (SSSR count). The van der Waals surface area contributed by atoms with Gasteiger partial charge in [-0.15, -0.1) is 0 Å². The molecule has 1 aromatic carbocycles. The van der Waals surface area contributed by atoms with Gasteiger partial charge >= 0.3 is 0 Å². The molecule has 1 aromatic rings. The van der Waals surface area contributed by atoms with E-state index in [1.807, 2.05) is 6.08 Å². The number of allylic oxidation sites excluding steroid dienone is 2. The van der Waals surface area contributed by atoms with E-state index < -0.39 is 0 Å². The molecule has 0 bridgehead atoms. The molecule has 0 radical (unpaired) electrons. The second-order valence-electron chi connectivity index (χ2n) is 3.85. The van der Waals surface area contributed by atoms with E-state index in [1.165, 1.54) is 12.1 Å². The number of hydrogen-bond acceptors (Lipinski definition) is 1. The van der Waals surface area contributed by atoms with Crippen LogP contribution >= 0.6 is 0 Å². The molecule has 78 valence electrons. The molecule has 0 spiro atoms. The Kier molecular flexibility index (Phi) is 2.95. The lowest BCUT2D eigenvalue weighted by atomic mass is 10.0. The maximum Gasteiger partial charge on any atom is 0.162 e. The first-order valence-corrected chi connectivity index (χ1v) is 5.22. The number of Topliss-reactive ketones (excluding diaryl/α,β-unsaturated/α-hetero) is 1. The van der Waals surface area contributed by atoms with E-state index in [0.29, 0.717) is 6.42 Å². The highest BCUT2D eigenvalue weighted by Crippen LogP contribution is 2.19. The summed E-state index contributed by atoms with van der Waals surface area (Å²) >= 11 is 0. The van der Waals surface area contributed by atoms with Crippen LogP contribution in [0.1, 0.15) is 24.8 Å². The fraction of sp³-hybridized carbons (Fsp3) is 0.308. The normalized spacial score (nSPS) is 15.1. The molecule has 0 heterocycles. The Morgan fingerprint density at radius 1 is 1.27 bits per heavy atom. The Morgan fingerprint density at radius 2 is 2.00 bits per heavy atom. The van der Waals surface area contributed by atoms with Crippen molar-refractivity contribution >= 4 is 5.78 Å². The summed E-state index contributed by atoms with van der Waals surface area (Å²) in [6.45, 7) is 0. The first kappa shape index (κ1) is 10.1. The predicted molar refractivity (Wildman–Crippen MR) is 57.0 cm³/mol. The van der Waals surface area contributed by atoms with E-state index in [0.717, 1.165) is 30.4 Å². The smallest absolute Gasteiger partial charge is 0.162 e. The molecule has 1 aliphatic rings. The highest BCUT2D eigenvalue weighted by molar-refractivity contribution is 5.97. The monoisotopic (exact) mass is 204 g/mol. The van der Waals surface area contributed by atoms with Crippen molar-refractivity contribution in [2.45, 2.75) is 25.7 Å². The lowest BCUT2D eigenvalue weighted by Crippen LogP contribution is -2.04. The molecule has 0 aromatic heterocycles. The number of benzene rings is 1. The molecule has 0 N–H and O–H groups in total. The number of rotatable bonds is 3. The first-order chi connectivity index (χ1) is 7.25. The van der Waals surface area contributed by atoms with Gasteiger partial charge in [-0.05, 0) is 42.5 Å². The van der Waals surface area contributed by atoms with Crippen molar-refractivity contribution in [3.05, 3.63) is 47.3 Å². The van der Waals surface area contributed by atoms with Gasteiger partial charge in [0, 0.05) is 6.42 Å². The summed E-state index contributed by atoms with van der Waals surface area (Å²) in [6.07, 6.45) is 5.42. The highest BCUT2D eigenvalue weighted by atomic mass is 19.1. The molecule has 0 amide bonds. The summed E-state index contributed by atoms with van der Waals surface area (Å²) in [5, 5.41) is 0. The molecule has 0 saturated carbocycles. The summed E-state index contributed by atoms with van der Waals surface area (Å²) in [5.41, 5.74) is 1.83. The van der Waals surface area contributed by atoms with Crippen LogP contribution in [-0.2, 0) is 11.2 Å². The van der Waals surface area contributed by atoms with Crippen molar-refractivity contribution < 1.29 is 9.18 Å². The Morgan fingerprint density at radius 3 is 2.60 bits per heavy atom. The van der Waals surface area contributed by atoms with Crippen molar-refractivity contribution in [2.75, 3.05) is 0 Å². The van der Waals surface area contributed by atoms with E-state index in [1.54, 1.807) is 12.1 Å². The van der Waals surface area contributed by atoms with Crippen molar-refractivity contribution in [2.24, 2.45) is 0 Å². The standard InChI is InChI=1S/C13H13FO/c14-12-7-5-10(6-8-12)9-13(15)11-3-1-2-4-11/h3,5-8H,1-2,4,9H2. The molecule has 15 heavy (non-hydrogen) atoms. The van der Waals surface area contributed by atoms with Crippen molar-refractivity contribution in [1.29, 1.82) is 0 Å². The van der Waals surface area contributed by atoms with E-state index in [2.05, 4.69) is 0 Å². The minimum absolute atomic E-state index is 0.180. The lowest BCUT2D eigenvalue weighted by molar-refractivity contribution is -0.115. The minimum Gasteiger partial charge on any atom is -0.294 e. The lowest BCUT2D eigenvalue weighted by Gasteiger charge is -2.01.